The molecule has 6 nitrogen and oxygen atoms in total. The van der Waals surface area contributed by atoms with Gasteiger partial charge in [0.15, 0.2) is 6.61 Å². The van der Waals surface area contributed by atoms with Crippen molar-refractivity contribution in [2.75, 3.05) is 19.0 Å². The second kappa shape index (κ2) is 8.53. The van der Waals surface area contributed by atoms with E-state index in [1.165, 1.54) is 24.8 Å². The van der Waals surface area contributed by atoms with E-state index < -0.39 is 5.78 Å². The molecule has 0 fully saturated rings. The highest BCUT2D eigenvalue weighted by atomic mass is 16.5. The number of anilines is 1. The van der Waals surface area contributed by atoms with Gasteiger partial charge < -0.3 is 14.8 Å². The van der Waals surface area contributed by atoms with Gasteiger partial charge in [0.05, 0.1) is 13.4 Å². The Morgan fingerprint density at radius 2 is 1.70 bits per heavy atom. The van der Waals surface area contributed by atoms with Gasteiger partial charge in [-0.25, -0.2) is 0 Å². The fraction of sp³-hybridized carbons (Fsp3) is 0.292. The highest BCUT2D eigenvalue weighted by Crippen LogP contribution is 2.29. The molecule has 1 aliphatic carbocycles. The molecule has 30 heavy (non-hydrogen) atoms. The van der Waals surface area contributed by atoms with Gasteiger partial charge >= 0.3 is 0 Å². The first kappa shape index (κ1) is 21.3. The van der Waals surface area contributed by atoms with Gasteiger partial charge in [-0.15, -0.1) is 0 Å². The number of ether oxygens (including phenoxy) is 2. The second-order valence-electron chi connectivity index (χ2n) is 7.78. The number of allylic oxidation sites excluding steroid dienone is 1. The maximum Gasteiger partial charge on any atom is 0.262 e. The number of amides is 1. The molecule has 0 aliphatic heterocycles. The van der Waals surface area contributed by atoms with Gasteiger partial charge in [0, 0.05) is 16.8 Å². The van der Waals surface area contributed by atoms with Crippen LogP contribution in [0.1, 0.15) is 53.5 Å². The number of carbonyl (C=O) groups excluding carboxylic acids is 3. The fourth-order valence-corrected chi connectivity index (χ4v) is 3.18. The number of hydrogen-bond donors (Lipinski definition) is 1. The predicted molar refractivity (Wildman–Crippen MR) is 114 cm³/mol. The Labute approximate surface area is 175 Å². The number of carbonyl (C=O) groups is 3. The lowest BCUT2D eigenvalue weighted by Crippen LogP contribution is -2.20. The number of benzene rings is 2. The molecule has 0 aromatic heterocycles. The smallest absolute Gasteiger partial charge is 0.262 e. The lowest BCUT2D eigenvalue weighted by Gasteiger charge is -2.23. The molecular formula is C24H25NO5. The zero-order chi connectivity index (χ0) is 21.9. The van der Waals surface area contributed by atoms with Crippen molar-refractivity contribution < 1.29 is 23.9 Å². The molecule has 0 heterocycles. The molecule has 0 unspecified atom stereocenters. The van der Waals surface area contributed by atoms with E-state index >= 15 is 0 Å². The zero-order valence-corrected chi connectivity index (χ0v) is 17.6. The summed E-state index contributed by atoms with van der Waals surface area (Å²) in [6, 6.07) is 12.3. The van der Waals surface area contributed by atoms with Gasteiger partial charge in [-0.3, -0.25) is 14.4 Å². The van der Waals surface area contributed by atoms with Crippen molar-refractivity contribution in [2.45, 2.75) is 32.6 Å². The highest BCUT2D eigenvalue weighted by molar-refractivity contribution is 6.39. The van der Waals surface area contributed by atoms with E-state index in [-0.39, 0.29) is 34.8 Å². The first-order chi connectivity index (χ1) is 14.3. The summed E-state index contributed by atoms with van der Waals surface area (Å²) in [4.78, 5) is 36.8. The molecule has 3 rings (SSSR count). The number of hydrogen-bond acceptors (Lipinski definition) is 5. The third kappa shape index (κ3) is 4.27. The Bertz CT molecular complexity index is 1020. The number of nitrogens with one attached hydrogen (secondary N) is 1. The van der Waals surface area contributed by atoms with E-state index in [1.807, 2.05) is 24.3 Å². The number of rotatable bonds is 7. The molecule has 1 N–H and O–H groups in total. The number of methoxy groups -OCH3 is 1. The summed E-state index contributed by atoms with van der Waals surface area (Å²) in [5.41, 5.74) is 2.24. The summed E-state index contributed by atoms with van der Waals surface area (Å²) < 4.78 is 10.4. The van der Waals surface area contributed by atoms with Crippen molar-refractivity contribution >= 4 is 23.2 Å². The average Bonchev–Trinajstić information content (AvgIpc) is 2.97. The molecule has 2 aromatic carbocycles. The summed E-state index contributed by atoms with van der Waals surface area (Å²) in [6.07, 6.45) is 2.16. The van der Waals surface area contributed by atoms with Gasteiger partial charge in [0.25, 0.3) is 5.91 Å². The summed E-state index contributed by atoms with van der Waals surface area (Å²) in [5.74, 6) is -0.561. The van der Waals surface area contributed by atoms with Crippen LogP contribution in [0.5, 0.6) is 5.75 Å². The first-order valence-corrected chi connectivity index (χ1v) is 9.76. The lowest BCUT2D eigenvalue weighted by atomic mass is 9.82. The van der Waals surface area contributed by atoms with Crippen LogP contribution >= 0.6 is 0 Å². The largest absolute Gasteiger partial charge is 0.503 e. The Morgan fingerprint density at radius 1 is 1.03 bits per heavy atom. The van der Waals surface area contributed by atoms with E-state index in [0.717, 1.165) is 12.7 Å². The minimum Gasteiger partial charge on any atom is -0.503 e. The van der Waals surface area contributed by atoms with Crippen LogP contribution < -0.4 is 10.1 Å². The molecule has 0 spiro atoms. The van der Waals surface area contributed by atoms with Crippen LogP contribution in [0.25, 0.3) is 0 Å². The number of ketones is 2. The summed E-state index contributed by atoms with van der Waals surface area (Å²) in [5, 5.41) is 2.69. The fourth-order valence-electron chi connectivity index (χ4n) is 3.18. The molecule has 0 atom stereocenters. The normalized spacial score (nSPS) is 14.6. The molecular weight excluding hydrogens is 382 g/mol. The predicted octanol–water partition coefficient (Wildman–Crippen LogP) is 4.30. The summed E-state index contributed by atoms with van der Waals surface area (Å²) >= 11 is 0. The summed E-state index contributed by atoms with van der Waals surface area (Å²) in [7, 11) is 1.38. The van der Waals surface area contributed by atoms with E-state index in [0.29, 0.717) is 17.0 Å². The molecule has 2 aromatic rings. The van der Waals surface area contributed by atoms with Crippen LogP contribution in [0.4, 0.5) is 5.69 Å². The van der Waals surface area contributed by atoms with Gasteiger partial charge in [-0.1, -0.05) is 32.9 Å². The SMILES string of the molecule is CCC(C)(C)c1ccc(OCC(=O)Nc2ccc3c(c2)C(=O)C(=COC)C3=O)cc1. The van der Waals surface area contributed by atoms with E-state index in [1.54, 1.807) is 6.07 Å². The second-order valence-corrected chi connectivity index (χ2v) is 7.78. The van der Waals surface area contributed by atoms with Crippen molar-refractivity contribution in [1.29, 1.82) is 0 Å². The van der Waals surface area contributed by atoms with E-state index in [2.05, 4.69) is 26.1 Å². The van der Waals surface area contributed by atoms with Crippen molar-refractivity contribution in [3.8, 4) is 5.75 Å². The number of fused-ring (bicyclic) bond motifs is 1. The standard InChI is InChI=1S/C24H25NO5/c1-5-24(2,3)15-6-9-17(10-7-15)30-14-21(26)25-16-8-11-18-19(12-16)23(28)20(13-29-4)22(18)27/h6-13H,5,14H2,1-4H3,(H,25,26). The van der Waals surface area contributed by atoms with E-state index in [9.17, 15) is 14.4 Å². The van der Waals surface area contributed by atoms with Crippen LogP contribution in [0.15, 0.2) is 54.3 Å². The van der Waals surface area contributed by atoms with Crippen molar-refractivity contribution in [3.05, 3.63) is 71.0 Å². The molecule has 0 bridgehead atoms. The van der Waals surface area contributed by atoms with Crippen LogP contribution in [-0.2, 0) is 14.9 Å². The maximum atomic E-state index is 12.4. The van der Waals surface area contributed by atoms with Gasteiger partial charge in [-0.05, 0) is 47.7 Å². The Kier molecular flexibility index (Phi) is 6.06. The molecule has 0 saturated heterocycles. The topological polar surface area (TPSA) is 81.7 Å². The lowest BCUT2D eigenvalue weighted by molar-refractivity contribution is -0.118. The quantitative estimate of drug-likeness (QED) is 0.420. The zero-order valence-electron chi connectivity index (χ0n) is 17.6. The monoisotopic (exact) mass is 407 g/mol. The molecule has 0 radical (unpaired) electrons. The molecule has 0 saturated carbocycles. The van der Waals surface area contributed by atoms with Crippen molar-refractivity contribution in [1.82, 2.24) is 0 Å². The van der Waals surface area contributed by atoms with Crippen molar-refractivity contribution in [2.24, 2.45) is 0 Å². The summed E-state index contributed by atoms with van der Waals surface area (Å²) in [6.45, 7) is 6.33. The van der Waals surface area contributed by atoms with Gasteiger partial charge in [0.2, 0.25) is 11.6 Å². The third-order valence-corrected chi connectivity index (χ3v) is 5.41. The van der Waals surface area contributed by atoms with Gasteiger partial charge in [0.1, 0.15) is 11.3 Å². The van der Waals surface area contributed by atoms with E-state index in [4.69, 9.17) is 9.47 Å². The Hall–Kier alpha value is -3.41. The Balaban J connectivity index is 1.62. The van der Waals surface area contributed by atoms with Crippen LogP contribution in [0.2, 0.25) is 0 Å². The van der Waals surface area contributed by atoms with Gasteiger partial charge in [-0.2, -0.15) is 0 Å². The minimum atomic E-state index is -0.417. The minimum absolute atomic E-state index is 0.0194. The average molecular weight is 407 g/mol. The Morgan fingerprint density at radius 3 is 2.33 bits per heavy atom. The molecule has 6 heteroatoms. The highest BCUT2D eigenvalue weighted by Gasteiger charge is 2.33. The number of Topliss-reactive ketones (excluding diaryl/α,β-unsaturated/α-hetero) is 2. The van der Waals surface area contributed by atoms with Crippen LogP contribution in [0.3, 0.4) is 0 Å². The third-order valence-electron chi connectivity index (χ3n) is 5.41. The molecule has 1 aliphatic rings. The molecule has 156 valence electrons. The van der Waals surface area contributed by atoms with Crippen molar-refractivity contribution in [3.63, 3.8) is 0 Å². The first-order valence-electron chi connectivity index (χ1n) is 9.76. The van der Waals surface area contributed by atoms with Crippen LogP contribution in [0, 0.1) is 0 Å². The maximum absolute atomic E-state index is 12.4. The molecule has 1 amide bonds. The van der Waals surface area contributed by atoms with Crippen LogP contribution in [-0.4, -0.2) is 31.2 Å².